The molecule has 0 bridgehead atoms. The van der Waals surface area contributed by atoms with E-state index in [2.05, 4.69) is 11.1 Å². The second-order valence-corrected chi connectivity index (χ2v) is 7.31. The van der Waals surface area contributed by atoms with Gasteiger partial charge in [-0.15, -0.1) is 0 Å². The highest BCUT2D eigenvalue weighted by Crippen LogP contribution is 2.40. The molecule has 1 saturated heterocycles. The van der Waals surface area contributed by atoms with Gasteiger partial charge in [-0.3, -0.25) is 9.59 Å². The Bertz CT molecular complexity index is 831. The number of thioether (sulfide) groups is 1. The van der Waals surface area contributed by atoms with Gasteiger partial charge >= 0.3 is 0 Å². The molecular weight excluding hydrogens is 340 g/mol. The van der Waals surface area contributed by atoms with E-state index in [9.17, 15) is 9.59 Å². The molecule has 2 aliphatic rings. The molecule has 6 nitrogen and oxygen atoms in total. The lowest BCUT2D eigenvalue weighted by Crippen LogP contribution is -2.33. The first-order chi connectivity index (χ1) is 12.2. The van der Waals surface area contributed by atoms with Crippen LogP contribution in [0.5, 0.6) is 11.5 Å². The van der Waals surface area contributed by atoms with E-state index >= 15 is 0 Å². The molecule has 0 saturated carbocycles. The molecule has 0 radical (unpaired) electrons. The molecule has 1 fully saturated rings. The molecule has 130 valence electrons. The van der Waals surface area contributed by atoms with Crippen molar-refractivity contribution in [2.75, 3.05) is 25.6 Å². The van der Waals surface area contributed by atoms with Gasteiger partial charge in [0, 0.05) is 36.4 Å². The van der Waals surface area contributed by atoms with Crippen LogP contribution in [-0.4, -0.2) is 41.4 Å². The maximum Gasteiger partial charge on any atom is 0.255 e. The van der Waals surface area contributed by atoms with Crippen LogP contribution < -0.4 is 15.0 Å². The summed E-state index contributed by atoms with van der Waals surface area (Å²) in [5, 5.41) is 0.322. The monoisotopic (exact) mass is 358 g/mol. The van der Waals surface area contributed by atoms with Crippen molar-refractivity contribution >= 4 is 17.7 Å². The zero-order chi connectivity index (χ0) is 17.2. The zero-order valence-corrected chi connectivity index (χ0v) is 14.4. The van der Waals surface area contributed by atoms with Crippen LogP contribution >= 0.6 is 11.8 Å². The van der Waals surface area contributed by atoms with Gasteiger partial charge in [0.15, 0.2) is 11.5 Å². The van der Waals surface area contributed by atoms with E-state index in [-0.39, 0.29) is 18.3 Å². The summed E-state index contributed by atoms with van der Waals surface area (Å²) in [6.45, 7) is 1.66. The Balaban J connectivity index is 1.46. The van der Waals surface area contributed by atoms with Crippen LogP contribution in [0.25, 0.3) is 0 Å². The average molecular weight is 358 g/mol. The number of nitrogens with zero attached hydrogens (tertiary/aromatic N) is 1. The van der Waals surface area contributed by atoms with Crippen molar-refractivity contribution in [1.82, 2.24) is 9.88 Å². The molecule has 2 aromatic rings. The Hall–Kier alpha value is -2.41. The summed E-state index contributed by atoms with van der Waals surface area (Å²) < 4.78 is 10.8. The number of pyridine rings is 1. The summed E-state index contributed by atoms with van der Waals surface area (Å²) in [6, 6.07) is 9.03. The van der Waals surface area contributed by atoms with Gasteiger partial charge in [0.25, 0.3) is 5.91 Å². The molecule has 3 heterocycles. The third-order valence-electron chi connectivity index (χ3n) is 4.43. The van der Waals surface area contributed by atoms with Crippen LogP contribution in [0.15, 0.2) is 41.3 Å². The molecule has 4 rings (SSSR count). The minimum atomic E-state index is -0.203. The number of aromatic amines is 1. The van der Waals surface area contributed by atoms with E-state index in [1.165, 1.54) is 17.8 Å². The van der Waals surface area contributed by atoms with E-state index in [0.29, 0.717) is 23.9 Å². The maximum atomic E-state index is 12.6. The number of ether oxygens (including phenoxy) is 2. The Morgan fingerprint density at radius 2 is 2.04 bits per heavy atom. The molecule has 1 atom stereocenters. The third-order valence-corrected chi connectivity index (χ3v) is 5.76. The fraction of sp³-hybridized carbons (Fsp3) is 0.333. The highest BCUT2D eigenvalue weighted by atomic mass is 32.2. The smallest absolute Gasteiger partial charge is 0.255 e. The van der Waals surface area contributed by atoms with E-state index in [1.807, 2.05) is 28.8 Å². The lowest BCUT2D eigenvalue weighted by molar-refractivity contribution is 0.0766. The minimum absolute atomic E-state index is 0.0387. The lowest BCUT2D eigenvalue weighted by Gasteiger charge is -2.20. The van der Waals surface area contributed by atoms with Gasteiger partial charge in [-0.1, -0.05) is 6.07 Å². The first-order valence-corrected chi connectivity index (χ1v) is 9.25. The van der Waals surface area contributed by atoms with Crippen LogP contribution in [0.1, 0.15) is 27.6 Å². The second kappa shape index (κ2) is 6.84. The number of rotatable bonds is 2. The van der Waals surface area contributed by atoms with E-state index in [1.54, 1.807) is 6.07 Å². The summed E-state index contributed by atoms with van der Waals surface area (Å²) in [5.74, 6) is 2.41. The van der Waals surface area contributed by atoms with Gasteiger partial charge in [0.2, 0.25) is 12.4 Å². The van der Waals surface area contributed by atoms with Crippen molar-refractivity contribution < 1.29 is 14.3 Å². The Kier molecular flexibility index (Phi) is 4.40. The van der Waals surface area contributed by atoms with Gasteiger partial charge in [-0.2, -0.15) is 11.8 Å². The summed E-state index contributed by atoms with van der Waals surface area (Å²) in [4.78, 5) is 28.2. The molecule has 0 aliphatic carbocycles. The predicted molar refractivity (Wildman–Crippen MR) is 95.3 cm³/mol. The topological polar surface area (TPSA) is 71.6 Å². The Morgan fingerprint density at radius 3 is 2.88 bits per heavy atom. The lowest BCUT2D eigenvalue weighted by atomic mass is 10.1. The van der Waals surface area contributed by atoms with E-state index in [4.69, 9.17) is 9.47 Å². The van der Waals surface area contributed by atoms with Crippen LogP contribution in [0.3, 0.4) is 0 Å². The highest BCUT2D eigenvalue weighted by Gasteiger charge is 2.24. The number of carbonyl (C=O) groups excluding carboxylic acids is 1. The third kappa shape index (κ3) is 3.37. The average Bonchev–Trinajstić information content (AvgIpc) is 2.96. The summed E-state index contributed by atoms with van der Waals surface area (Å²) in [7, 11) is 0. The molecule has 1 aromatic carbocycles. The van der Waals surface area contributed by atoms with Crippen LogP contribution in [0.2, 0.25) is 0 Å². The molecule has 25 heavy (non-hydrogen) atoms. The Morgan fingerprint density at radius 1 is 1.16 bits per heavy atom. The van der Waals surface area contributed by atoms with Gasteiger partial charge < -0.3 is 19.4 Å². The molecule has 2 aliphatic heterocycles. The van der Waals surface area contributed by atoms with Crippen LogP contribution in [0, 0.1) is 0 Å². The fourth-order valence-corrected chi connectivity index (χ4v) is 4.30. The fourth-order valence-electron chi connectivity index (χ4n) is 3.08. The number of amides is 1. The first kappa shape index (κ1) is 16.1. The van der Waals surface area contributed by atoms with Crippen LogP contribution in [-0.2, 0) is 0 Å². The number of carbonyl (C=O) groups is 1. The number of benzene rings is 1. The zero-order valence-electron chi connectivity index (χ0n) is 13.6. The van der Waals surface area contributed by atoms with Crippen molar-refractivity contribution in [3.05, 3.63) is 58.0 Å². The van der Waals surface area contributed by atoms with Gasteiger partial charge in [-0.25, -0.2) is 0 Å². The summed E-state index contributed by atoms with van der Waals surface area (Å²) in [5.41, 5.74) is 1.52. The molecule has 0 spiro atoms. The van der Waals surface area contributed by atoms with Crippen molar-refractivity contribution in [1.29, 1.82) is 0 Å². The van der Waals surface area contributed by atoms with E-state index < -0.39 is 0 Å². The normalized spacial score (nSPS) is 19.5. The number of aromatic nitrogens is 1. The molecule has 1 unspecified atom stereocenters. The number of fused-ring (bicyclic) bond motifs is 1. The molecule has 7 heteroatoms. The molecule has 1 aromatic heterocycles. The SMILES string of the molecule is O=C(c1ccc(=O)[nH]c1)N1CCSC(c2ccc3c(c2)OCO3)CC1. The van der Waals surface area contributed by atoms with Crippen molar-refractivity contribution in [2.45, 2.75) is 11.7 Å². The molecular formula is C18H18N2O4S. The predicted octanol–water partition coefficient (Wildman–Crippen LogP) is 2.42. The standard InChI is InChI=1S/C18H18N2O4S/c21-17-4-2-13(10-19-17)18(22)20-6-5-16(25-8-7-20)12-1-3-14-15(9-12)24-11-23-14/h1-4,9-10,16H,5-8,11H2,(H,19,21). The van der Waals surface area contributed by atoms with Crippen molar-refractivity contribution in [2.24, 2.45) is 0 Å². The van der Waals surface area contributed by atoms with Crippen molar-refractivity contribution in [3.8, 4) is 11.5 Å². The highest BCUT2D eigenvalue weighted by molar-refractivity contribution is 7.99. The summed E-state index contributed by atoms with van der Waals surface area (Å²) in [6.07, 6.45) is 2.36. The number of hydrogen-bond acceptors (Lipinski definition) is 5. The number of H-pyrrole nitrogens is 1. The maximum absolute atomic E-state index is 12.6. The summed E-state index contributed by atoms with van der Waals surface area (Å²) >= 11 is 1.85. The van der Waals surface area contributed by atoms with Crippen LogP contribution in [0.4, 0.5) is 0 Å². The first-order valence-electron chi connectivity index (χ1n) is 8.20. The van der Waals surface area contributed by atoms with Gasteiger partial charge in [-0.05, 0) is 30.2 Å². The Labute approximate surface area is 149 Å². The molecule has 1 N–H and O–H groups in total. The molecule has 1 amide bonds. The minimum Gasteiger partial charge on any atom is -0.454 e. The number of nitrogens with one attached hydrogen (secondary N) is 1. The second-order valence-electron chi connectivity index (χ2n) is 5.99. The largest absolute Gasteiger partial charge is 0.454 e. The van der Waals surface area contributed by atoms with Gasteiger partial charge in [0.05, 0.1) is 5.56 Å². The van der Waals surface area contributed by atoms with Gasteiger partial charge in [0.1, 0.15) is 0 Å². The van der Waals surface area contributed by atoms with Crippen molar-refractivity contribution in [3.63, 3.8) is 0 Å². The van der Waals surface area contributed by atoms with E-state index in [0.717, 1.165) is 23.7 Å². The quantitative estimate of drug-likeness (QED) is 0.893. The number of hydrogen-bond donors (Lipinski definition) is 1.